The molecule has 1 aromatic rings. The second-order valence-electron chi connectivity index (χ2n) is 10.7. The van der Waals surface area contributed by atoms with Gasteiger partial charge in [0.1, 0.15) is 6.17 Å². The molecule has 4 unspecified atom stereocenters. The molecule has 3 heterocycles. The number of nitrogens with zero attached hydrogens (tertiary/aromatic N) is 1. The first-order valence-corrected chi connectivity index (χ1v) is 13.9. The number of hydrogen-bond donors (Lipinski definition) is 4. The van der Waals surface area contributed by atoms with Gasteiger partial charge in [0.2, 0.25) is 0 Å². The smallest absolute Gasteiger partial charge is 0.157 e. The van der Waals surface area contributed by atoms with E-state index in [9.17, 15) is 0 Å². The highest BCUT2D eigenvalue weighted by Gasteiger charge is 2.34. The molecule has 3 aliphatic heterocycles. The van der Waals surface area contributed by atoms with Crippen molar-refractivity contribution < 1.29 is 9.57 Å². The van der Waals surface area contributed by atoms with Gasteiger partial charge < -0.3 is 10.1 Å². The largest absolute Gasteiger partial charge is 0.374 e. The third-order valence-corrected chi connectivity index (χ3v) is 8.24. The summed E-state index contributed by atoms with van der Waals surface area (Å²) < 4.78 is 5.77. The maximum Gasteiger partial charge on any atom is 0.157 e. The van der Waals surface area contributed by atoms with Crippen LogP contribution in [-0.4, -0.2) is 55.7 Å². The second kappa shape index (κ2) is 12.3. The lowest BCUT2D eigenvalue weighted by Crippen LogP contribution is -2.61. The third-order valence-electron chi connectivity index (χ3n) is 8.24. The molecule has 0 aromatic heterocycles. The SMILES string of the molecule is C[C@@H](NC1CNCCN1C1CCCCCCCC1)c1ccc(C2NOC(C3CCCO3)N2)cc1. The van der Waals surface area contributed by atoms with Crippen LogP contribution in [0, 0.1) is 0 Å². The molecular formula is C27H45N5O2. The standard InChI is InChI=1S/C27H45N5O2/c1-20(29-25-19-28-16-17-32(25)23-9-6-4-2-3-5-7-10-23)21-12-14-22(15-13-21)26-30-27(34-31-26)24-11-8-18-33-24/h12-15,20,23-31H,2-11,16-19H2,1H3/t20-,24?,25?,26?,27?/m1/s1. The summed E-state index contributed by atoms with van der Waals surface area (Å²) in [5.74, 6) is 0. The van der Waals surface area contributed by atoms with Crippen molar-refractivity contribution in [3.05, 3.63) is 35.4 Å². The van der Waals surface area contributed by atoms with Crippen molar-refractivity contribution >= 4 is 0 Å². The van der Waals surface area contributed by atoms with E-state index in [1.807, 2.05) is 0 Å². The normalized spacial score (nSPS) is 33.3. The summed E-state index contributed by atoms with van der Waals surface area (Å²) in [4.78, 5) is 8.54. The van der Waals surface area contributed by atoms with Gasteiger partial charge >= 0.3 is 0 Å². The van der Waals surface area contributed by atoms with Crippen LogP contribution in [0.15, 0.2) is 24.3 Å². The maximum atomic E-state index is 5.77. The average Bonchev–Trinajstić information content (AvgIpc) is 3.58. The molecule has 4 N–H and O–H groups in total. The predicted octanol–water partition coefficient (Wildman–Crippen LogP) is 3.70. The Morgan fingerprint density at radius 2 is 1.74 bits per heavy atom. The molecule has 0 spiro atoms. The lowest BCUT2D eigenvalue weighted by Gasteiger charge is -2.43. The van der Waals surface area contributed by atoms with Gasteiger partial charge in [-0.15, -0.1) is 0 Å². The molecule has 5 rings (SSSR count). The Morgan fingerprint density at radius 1 is 0.971 bits per heavy atom. The van der Waals surface area contributed by atoms with Crippen LogP contribution in [0.25, 0.3) is 0 Å². The van der Waals surface area contributed by atoms with E-state index in [2.05, 4.69) is 57.5 Å². The summed E-state index contributed by atoms with van der Waals surface area (Å²) in [6.45, 7) is 6.42. The van der Waals surface area contributed by atoms with Crippen molar-refractivity contribution in [3.8, 4) is 0 Å². The van der Waals surface area contributed by atoms with Crippen LogP contribution in [0.1, 0.15) is 94.5 Å². The Balaban J connectivity index is 1.17. The lowest BCUT2D eigenvalue weighted by molar-refractivity contribution is -0.0604. The molecular weight excluding hydrogens is 426 g/mol. The van der Waals surface area contributed by atoms with E-state index >= 15 is 0 Å². The van der Waals surface area contributed by atoms with Crippen molar-refractivity contribution in [2.24, 2.45) is 0 Å². The van der Waals surface area contributed by atoms with Gasteiger partial charge in [-0.05, 0) is 43.7 Å². The fourth-order valence-electron chi connectivity index (χ4n) is 6.18. The van der Waals surface area contributed by atoms with Gasteiger partial charge in [-0.1, -0.05) is 62.8 Å². The number of rotatable bonds is 6. The molecule has 7 nitrogen and oxygen atoms in total. The van der Waals surface area contributed by atoms with Crippen LogP contribution >= 0.6 is 0 Å². The van der Waals surface area contributed by atoms with Crippen LogP contribution in [-0.2, 0) is 9.57 Å². The van der Waals surface area contributed by atoms with Crippen molar-refractivity contribution in [1.29, 1.82) is 0 Å². The monoisotopic (exact) mass is 471 g/mol. The quantitative estimate of drug-likeness (QED) is 0.504. The van der Waals surface area contributed by atoms with Crippen LogP contribution in [0.3, 0.4) is 0 Å². The molecule has 3 saturated heterocycles. The third kappa shape index (κ3) is 6.19. The van der Waals surface area contributed by atoms with Gasteiger partial charge in [0, 0.05) is 38.3 Å². The van der Waals surface area contributed by atoms with E-state index in [1.165, 1.54) is 62.5 Å². The van der Waals surface area contributed by atoms with E-state index in [4.69, 9.17) is 9.57 Å². The minimum atomic E-state index is -0.0740. The molecule has 0 bridgehead atoms. The molecule has 7 heteroatoms. The summed E-state index contributed by atoms with van der Waals surface area (Å²) in [7, 11) is 0. The van der Waals surface area contributed by atoms with Crippen molar-refractivity contribution in [3.63, 3.8) is 0 Å². The zero-order chi connectivity index (χ0) is 23.2. The molecule has 190 valence electrons. The van der Waals surface area contributed by atoms with Crippen molar-refractivity contribution in [2.75, 3.05) is 26.2 Å². The molecule has 0 radical (unpaired) electrons. The number of hydroxylamine groups is 1. The summed E-state index contributed by atoms with van der Waals surface area (Å²) in [5.41, 5.74) is 5.68. The zero-order valence-electron chi connectivity index (χ0n) is 20.9. The molecule has 1 aliphatic carbocycles. The Labute approximate surface area is 205 Å². The van der Waals surface area contributed by atoms with Crippen molar-refractivity contribution in [2.45, 2.75) is 108 Å². The molecule has 4 fully saturated rings. The number of ether oxygens (including phenoxy) is 1. The molecule has 34 heavy (non-hydrogen) atoms. The summed E-state index contributed by atoms with van der Waals surface area (Å²) in [6, 6.07) is 9.98. The first-order valence-electron chi connectivity index (χ1n) is 13.9. The maximum absolute atomic E-state index is 5.77. The van der Waals surface area contributed by atoms with Gasteiger partial charge in [0.15, 0.2) is 6.23 Å². The van der Waals surface area contributed by atoms with Gasteiger partial charge in [0.05, 0.1) is 12.3 Å². The summed E-state index contributed by atoms with van der Waals surface area (Å²) in [6.07, 6.45) is 13.8. The van der Waals surface area contributed by atoms with E-state index < -0.39 is 0 Å². The minimum Gasteiger partial charge on any atom is -0.374 e. The second-order valence-corrected chi connectivity index (χ2v) is 10.7. The first-order chi connectivity index (χ1) is 16.8. The van der Waals surface area contributed by atoms with Crippen LogP contribution in [0.4, 0.5) is 0 Å². The zero-order valence-corrected chi connectivity index (χ0v) is 20.9. The minimum absolute atomic E-state index is 0.00736. The Hall–Kier alpha value is -1.06. The first kappa shape index (κ1) is 24.6. The van der Waals surface area contributed by atoms with E-state index in [-0.39, 0.29) is 18.5 Å². The fourth-order valence-corrected chi connectivity index (χ4v) is 6.18. The van der Waals surface area contributed by atoms with Crippen molar-refractivity contribution in [1.82, 2.24) is 26.3 Å². The van der Waals surface area contributed by atoms with E-state index in [1.54, 1.807) is 0 Å². The Kier molecular flexibility index (Phi) is 8.88. The molecule has 5 atom stereocenters. The van der Waals surface area contributed by atoms with Crippen LogP contribution < -0.4 is 21.4 Å². The highest BCUT2D eigenvalue weighted by atomic mass is 16.7. The van der Waals surface area contributed by atoms with Crippen LogP contribution in [0.5, 0.6) is 0 Å². The Bertz CT molecular complexity index is 731. The predicted molar refractivity (Wildman–Crippen MR) is 135 cm³/mol. The Morgan fingerprint density at radius 3 is 2.47 bits per heavy atom. The van der Waals surface area contributed by atoms with Crippen LogP contribution in [0.2, 0.25) is 0 Å². The van der Waals surface area contributed by atoms with E-state index in [0.717, 1.165) is 45.1 Å². The summed E-state index contributed by atoms with van der Waals surface area (Å²) >= 11 is 0. The number of benzene rings is 1. The topological polar surface area (TPSA) is 69.8 Å². The molecule has 4 aliphatic rings. The fraction of sp³-hybridized carbons (Fsp3) is 0.778. The van der Waals surface area contributed by atoms with Gasteiger partial charge in [-0.3, -0.25) is 20.4 Å². The average molecular weight is 472 g/mol. The number of nitrogens with one attached hydrogen (secondary N) is 4. The van der Waals surface area contributed by atoms with E-state index in [0.29, 0.717) is 12.2 Å². The highest BCUT2D eigenvalue weighted by molar-refractivity contribution is 5.27. The molecule has 1 saturated carbocycles. The number of hydrogen-bond acceptors (Lipinski definition) is 7. The van der Waals surface area contributed by atoms with Gasteiger partial charge in [-0.25, -0.2) is 0 Å². The van der Waals surface area contributed by atoms with Gasteiger partial charge in [0.25, 0.3) is 0 Å². The lowest BCUT2D eigenvalue weighted by atomic mass is 10.0. The molecule has 0 amide bonds. The van der Waals surface area contributed by atoms with Gasteiger partial charge in [-0.2, -0.15) is 5.48 Å². The summed E-state index contributed by atoms with van der Waals surface area (Å²) in [5, 5.41) is 11.1. The number of piperazine rings is 1. The highest BCUT2D eigenvalue weighted by Crippen LogP contribution is 2.26. The molecule has 1 aromatic carbocycles.